The van der Waals surface area contributed by atoms with Crippen LogP contribution < -0.4 is 5.32 Å². The molecule has 0 saturated heterocycles. The lowest BCUT2D eigenvalue weighted by molar-refractivity contribution is -0.181. The molecule has 0 aromatic heterocycles. The van der Waals surface area contributed by atoms with Gasteiger partial charge in [0.05, 0.1) is 13.7 Å². The summed E-state index contributed by atoms with van der Waals surface area (Å²) in [7, 11) is 0.797. The zero-order chi connectivity index (χ0) is 13.5. The van der Waals surface area contributed by atoms with Gasteiger partial charge in [-0.05, 0) is 6.42 Å². The van der Waals surface area contributed by atoms with E-state index in [0.29, 0.717) is 6.42 Å². The van der Waals surface area contributed by atoms with E-state index in [9.17, 15) is 22.8 Å². The molecule has 0 aromatic carbocycles. The van der Waals surface area contributed by atoms with Gasteiger partial charge in [-0.1, -0.05) is 13.3 Å². The molecule has 5 nitrogen and oxygen atoms in total. The maximum atomic E-state index is 12.3. The van der Waals surface area contributed by atoms with Gasteiger partial charge < -0.3 is 9.47 Å². The lowest BCUT2D eigenvalue weighted by Crippen LogP contribution is -2.51. The molecule has 17 heavy (non-hydrogen) atoms. The third kappa shape index (κ3) is 5.98. The molecule has 0 saturated carbocycles. The summed E-state index contributed by atoms with van der Waals surface area (Å²) in [6, 6.07) is -2.71. The minimum Gasteiger partial charge on any atom is -0.467 e. The van der Waals surface area contributed by atoms with E-state index in [4.69, 9.17) is 0 Å². The molecule has 0 spiro atoms. The Labute approximate surface area is 96.3 Å². The molecule has 0 fully saturated rings. The van der Waals surface area contributed by atoms with Gasteiger partial charge in [0, 0.05) is 0 Å². The highest BCUT2D eigenvalue weighted by Crippen LogP contribution is 2.21. The number of methoxy groups -OCH3 is 1. The Morgan fingerprint density at radius 2 is 1.94 bits per heavy atom. The van der Waals surface area contributed by atoms with Crippen molar-refractivity contribution < 1.29 is 32.2 Å². The molecule has 0 aliphatic rings. The Balaban J connectivity index is 4.35. The number of unbranched alkanes of at least 4 members (excludes halogenated alkanes) is 1. The first kappa shape index (κ1) is 15.5. The summed E-state index contributed by atoms with van der Waals surface area (Å²) >= 11 is 0. The van der Waals surface area contributed by atoms with Crippen LogP contribution in [-0.2, 0) is 14.3 Å². The number of rotatable bonds is 5. The van der Waals surface area contributed by atoms with Crippen LogP contribution in [0.3, 0.4) is 0 Å². The molecule has 0 aliphatic carbocycles. The van der Waals surface area contributed by atoms with Crippen LogP contribution in [0, 0.1) is 0 Å². The Hall–Kier alpha value is -1.47. The molecule has 0 aromatic rings. The molecule has 1 N–H and O–H groups in total. The maximum Gasteiger partial charge on any atom is 0.419 e. The topological polar surface area (TPSA) is 64.6 Å². The van der Waals surface area contributed by atoms with Crippen LogP contribution in [-0.4, -0.2) is 38.0 Å². The van der Waals surface area contributed by atoms with Gasteiger partial charge in [0.1, 0.15) is 0 Å². The molecule has 0 aliphatic heterocycles. The molecule has 100 valence electrons. The van der Waals surface area contributed by atoms with Crippen LogP contribution in [0.5, 0.6) is 0 Å². The van der Waals surface area contributed by atoms with Crippen LogP contribution in [0.15, 0.2) is 0 Å². The fraction of sp³-hybridized carbons (Fsp3) is 0.778. The first-order chi connectivity index (χ1) is 7.82. The average Bonchev–Trinajstić information content (AvgIpc) is 2.23. The van der Waals surface area contributed by atoms with E-state index >= 15 is 0 Å². The molecule has 1 unspecified atom stereocenters. The van der Waals surface area contributed by atoms with Crippen LogP contribution >= 0.6 is 0 Å². The van der Waals surface area contributed by atoms with Crippen molar-refractivity contribution in [2.45, 2.75) is 32.0 Å². The Bertz CT molecular complexity index is 267. The molecule has 8 heteroatoms. The van der Waals surface area contributed by atoms with Gasteiger partial charge >= 0.3 is 18.2 Å². The van der Waals surface area contributed by atoms with Gasteiger partial charge in [-0.15, -0.1) is 0 Å². The number of alkyl carbamates (subject to hydrolysis) is 1. The minimum absolute atomic E-state index is 0.00587. The first-order valence-corrected chi connectivity index (χ1v) is 4.90. The standard InChI is InChI=1S/C9H14F3NO4/c1-3-4-5-17-8(15)13-6(7(14)16-2)9(10,11)12/h6H,3-5H2,1-2H3,(H,13,15). The molecular weight excluding hydrogens is 243 g/mol. The Morgan fingerprint density at radius 3 is 2.35 bits per heavy atom. The van der Waals surface area contributed by atoms with Crippen molar-refractivity contribution in [1.29, 1.82) is 0 Å². The molecule has 0 radical (unpaired) electrons. The van der Waals surface area contributed by atoms with E-state index in [1.807, 2.05) is 6.92 Å². The summed E-state index contributed by atoms with van der Waals surface area (Å²) in [6.45, 7) is 1.82. The summed E-state index contributed by atoms with van der Waals surface area (Å²) in [4.78, 5) is 21.8. The molecule has 0 heterocycles. The number of ether oxygens (including phenoxy) is 2. The third-order valence-corrected chi connectivity index (χ3v) is 1.76. The number of carbonyl (C=O) groups is 2. The number of hydrogen-bond acceptors (Lipinski definition) is 4. The van der Waals surface area contributed by atoms with E-state index in [1.165, 1.54) is 5.32 Å². The number of nitrogens with one attached hydrogen (secondary N) is 1. The third-order valence-electron chi connectivity index (χ3n) is 1.76. The van der Waals surface area contributed by atoms with Crippen molar-refractivity contribution in [3.05, 3.63) is 0 Å². The quantitative estimate of drug-likeness (QED) is 0.600. The van der Waals surface area contributed by atoms with Crippen molar-refractivity contribution in [1.82, 2.24) is 5.32 Å². The second-order valence-corrected chi connectivity index (χ2v) is 3.13. The van der Waals surface area contributed by atoms with Gasteiger partial charge in [0.2, 0.25) is 6.04 Å². The van der Waals surface area contributed by atoms with Crippen LogP contribution in [0.1, 0.15) is 19.8 Å². The monoisotopic (exact) mass is 257 g/mol. The van der Waals surface area contributed by atoms with Crippen LogP contribution in [0.25, 0.3) is 0 Å². The van der Waals surface area contributed by atoms with E-state index < -0.39 is 24.3 Å². The van der Waals surface area contributed by atoms with Crippen molar-refractivity contribution in [3.8, 4) is 0 Å². The predicted octanol–water partition coefficient (Wildman–Crippen LogP) is 1.62. The van der Waals surface area contributed by atoms with Crippen molar-refractivity contribution in [3.63, 3.8) is 0 Å². The van der Waals surface area contributed by atoms with Crippen molar-refractivity contribution >= 4 is 12.1 Å². The first-order valence-electron chi connectivity index (χ1n) is 4.90. The summed E-state index contributed by atoms with van der Waals surface area (Å²) in [6.07, 6.45) is -4.96. The predicted molar refractivity (Wildman–Crippen MR) is 51.3 cm³/mol. The highest BCUT2D eigenvalue weighted by molar-refractivity contribution is 5.82. The number of hydrogen-bond donors (Lipinski definition) is 1. The number of carbonyl (C=O) groups excluding carboxylic acids is 2. The normalized spacial score (nSPS) is 12.8. The molecule has 1 atom stereocenters. The van der Waals surface area contributed by atoms with Crippen molar-refractivity contribution in [2.24, 2.45) is 0 Å². The Kier molecular flexibility index (Phi) is 6.37. The SMILES string of the molecule is CCCCOC(=O)NC(C(=O)OC)C(F)(F)F. The lowest BCUT2D eigenvalue weighted by Gasteiger charge is -2.18. The minimum atomic E-state index is -4.92. The largest absolute Gasteiger partial charge is 0.467 e. The van der Waals surface area contributed by atoms with E-state index in [-0.39, 0.29) is 6.61 Å². The zero-order valence-electron chi connectivity index (χ0n) is 9.47. The lowest BCUT2D eigenvalue weighted by atomic mass is 10.3. The second kappa shape index (κ2) is 6.97. The number of halogens is 3. The van der Waals surface area contributed by atoms with Gasteiger partial charge in [0.15, 0.2) is 0 Å². The molecule has 1 amide bonds. The second-order valence-electron chi connectivity index (χ2n) is 3.13. The fourth-order valence-corrected chi connectivity index (χ4v) is 0.861. The van der Waals surface area contributed by atoms with Gasteiger partial charge in [-0.3, -0.25) is 5.32 Å². The molecule has 0 rings (SSSR count). The average molecular weight is 257 g/mol. The summed E-state index contributed by atoms with van der Waals surface area (Å²) < 4.78 is 45.4. The van der Waals surface area contributed by atoms with E-state index in [0.717, 1.165) is 13.5 Å². The fourth-order valence-electron chi connectivity index (χ4n) is 0.861. The van der Waals surface area contributed by atoms with Gasteiger partial charge in [0.25, 0.3) is 0 Å². The smallest absolute Gasteiger partial charge is 0.419 e. The summed E-state index contributed by atoms with van der Waals surface area (Å²) in [5.74, 6) is -1.59. The summed E-state index contributed by atoms with van der Waals surface area (Å²) in [5.41, 5.74) is 0. The maximum absolute atomic E-state index is 12.3. The zero-order valence-corrected chi connectivity index (χ0v) is 9.47. The number of esters is 1. The summed E-state index contributed by atoms with van der Waals surface area (Å²) in [5, 5.41) is 1.41. The van der Waals surface area contributed by atoms with E-state index in [2.05, 4.69) is 9.47 Å². The molecular formula is C9H14F3NO4. The van der Waals surface area contributed by atoms with E-state index in [1.54, 1.807) is 0 Å². The van der Waals surface area contributed by atoms with Crippen LogP contribution in [0.2, 0.25) is 0 Å². The number of amides is 1. The van der Waals surface area contributed by atoms with Crippen molar-refractivity contribution in [2.75, 3.05) is 13.7 Å². The number of alkyl halides is 3. The van der Waals surface area contributed by atoms with Crippen LogP contribution in [0.4, 0.5) is 18.0 Å². The Morgan fingerprint density at radius 1 is 1.35 bits per heavy atom. The highest BCUT2D eigenvalue weighted by Gasteiger charge is 2.47. The molecule has 0 bridgehead atoms. The van der Waals surface area contributed by atoms with Gasteiger partial charge in [-0.2, -0.15) is 13.2 Å². The van der Waals surface area contributed by atoms with Gasteiger partial charge in [-0.25, -0.2) is 9.59 Å². The highest BCUT2D eigenvalue weighted by atomic mass is 19.4.